The summed E-state index contributed by atoms with van der Waals surface area (Å²) in [6.07, 6.45) is 0.951. The van der Waals surface area contributed by atoms with Crippen molar-refractivity contribution in [1.29, 1.82) is 0 Å². The second-order valence-corrected chi connectivity index (χ2v) is 3.98. The maximum absolute atomic E-state index is 11.5. The number of nitrogens with one attached hydrogen (secondary N) is 2. The SMILES string of the molecule is CCCNC(=O)N[C@H](C)c1ccccc1C. The molecule has 2 N–H and O–H groups in total. The van der Waals surface area contributed by atoms with Gasteiger partial charge in [0.15, 0.2) is 0 Å². The van der Waals surface area contributed by atoms with Gasteiger partial charge in [-0.25, -0.2) is 4.79 Å². The number of carbonyl (C=O) groups excluding carboxylic acids is 1. The summed E-state index contributed by atoms with van der Waals surface area (Å²) in [7, 11) is 0. The fourth-order valence-electron chi connectivity index (χ4n) is 1.64. The maximum atomic E-state index is 11.5. The van der Waals surface area contributed by atoms with Crippen molar-refractivity contribution < 1.29 is 4.79 Å². The number of amides is 2. The minimum atomic E-state index is -0.0994. The van der Waals surface area contributed by atoms with Gasteiger partial charge in [0.25, 0.3) is 0 Å². The van der Waals surface area contributed by atoms with Crippen LogP contribution < -0.4 is 10.6 Å². The van der Waals surface area contributed by atoms with Gasteiger partial charge >= 0.3 is 6.03 Å². The van der Waals surface area contributed by atoms with E-state index in [2.05, 4.69) is 23.6 Å². The Hall–Kier alpha value is -1.51. The maximum Gasteiger partial charge on any atom is 0.315 e. The van der Waals surface area contributed by atoms with Crippen LogP contribution in [0.25, 0.3) is 0 Å². The third kappa shape index (κ3) is 3.57. The molecule has 0 aliphatic heterocycles. The summed E-state index contributed by atoms with van der Waals surface area (Å²) in [6.45, 7) is 6.79. The van der Waals surface area contributed by atoms with Crippen LogP contribution in [0.4, 0.5) is 4.79 Å². The summed E-state index contributed by atoms with van der Waals surface area (Å²) < 4.78 is 0. The molecule has 1 aromatic rings. The highest BCUT2D eigenvalue weighted by Crippen LogP contribution is 2.16. The van der Waals surface area contributed by atoms with Gasteiger partial charge in [-0.1, -0.05) is 31.2 Å². The van der Waals surface area contributed by atoms with E-state index < -0.39 is 0 Å². The molecule has 0 saturated carbocycles. The van der Waals surface area contributed by atoms with Crippen molar-refractivity contribution in [1.82, 2.24) is 10.6 Å². The lowest BCUT2D eigenvalue weighted by Crippen LogP contribution is -2.37. The molecule has 88 valence electrons. The Kier molecular flexibility index (Phi) is 4.83. The van der Waals surface area contributed by atoms with Crippen LogP contribution in [-0.2, 0) is 0 Å². The predicted octanol–water partition coefficient (Wildman–Crippen LogP) is 2.77. The second-order valence-electron chi connectivity index (χ2n) is 3.98. The number of aryl methyl sites for hydroxylation is 1. The standard InChI is InChI=1S/C13H20N2O/c1-4-9-14-13(16)15-11(3)12-8-6-5-7-10(12)2/h5-8,11H,4,9H2,1-3H3,(H2,14,15,16)/t11-/m1/s1. The third-order valence-corrected chi connectivity index (χ3v) is 2.54. The smallest absolute Gasteiger partial charge is 0.315 e. The number of hydrogen-bond acceptors (Lipinski definition) is 1. The van der Waals surface area contributed by atoms with Crippen LogP contribution in [0, 0.1) is 6.92 Å². The van der Waals surface area contributed by atoms with Gasteiger partial charge in [-0.3, -0.25) is 0 Å². The molecule has 1 aromatic carbocycles. The van der Waals surface area contributed by atoms with Crippen molar-refractivity contribution in [3.63, 3.8) is 0 Å². The molecule has 3 heteroatoms. The number of urea groups is 1. The minimum absolute atomic E-state index is 0.0399. The fraction of sp³-hybridized carbons (Fsp3) is 0.462. The van der Waals surface area contributed by atoms with Crippen LogP contribution in [0.1, 0.15) is 37.4 Å². The second kappa shape index (κ2) is 6.16. The molecule has 0 fully saturated rings. The van der Waals surface area contributed by atoms with Gasteiger partial charge in [0.2, 0.25) is 0 Å². The van der Waals surface area contributed by atoms with Crippen molar-refractivity contribution in [2.24, 2.45) is 0 Å². The third-order valence-electron chi connectivity index (χ3n) is 2.54. The molecule has 3 nitrogen and oxygen atoms in total. The highest BCUT2D eigenvalue weighted by molar-refractivity contribution is 5.74. The Balaban J connectivity index is 2.55. The number of rotatable bonds is 4. The zero-order chi connectivity index (χ0) is 12.0. The minimum Gasteiger partial charge on any atom is -0.338 e. The van der Waals surface area contributed by atoms with E-state index >= 15 is 0 Å². The van der Waals surface area contributed by atoms with Gasteiger partial charge in [0.05, 0.1) is 6.04 Å². The van der Waals surface area contributed by atoms with E-state index in [4.69, 9.17) is 0 Å². The van der Waals surface area contributed by atoms with E-state index in [-0.39, 0.29) is 12.1 Å². The average molecular weight is 220 g/mol. The van der Waals surface area contributed by atoms with Gasteiger partial charge in [0, 0.05) is 6.54 Å². The first-order chi connectivity index (χ1) is 7.65. The molecular weight excluding hydrogens is 200 g/mol. The van der Waals surface area contributed by atoms with Crippen molar-refractivity contribution >= 4 is 6.03 Å². The van der Waals surface area contributed by atoms with Gasteiger partial charge in [-0.05, 0) is 31.4 Å². The normalized spacial score (nSPS) is 11.9. The molecule has 16 heavy (non-hydrogen) atoms. The van der Waals surface area contributed by atoms with E-state index in [9.17, 15) is 4.79 Å². The summed E-state index contributed by atoms with van der Waals surface area (Å²) in [5, 5.41) is 5.72. The Bertz CT molecular complexity index is 350. The van der Waals surface area contributed by atoms with Gasteiger partial charge in [-0.15, -0.1) is 0 Å². The zero-order valence-electron chi connectivity index (χ0n) is 10.2. The lowest BCUT2D eigenvalue weighted by Gasteiger charge is -2.16. The van der Waals surface area contributed by atoms with Crippen LogP contribution in [0.5, 0.6) is 0 Å². The zero-order valence-corrected chi connectivity index (χ0v) is 10.2. The molecule has 1 atom stereocenters. The van der Waals surface area contributed by atoms with Crippen LogP contribution in [0.15, 0.2) is 24.3 Å². The number of hydrogen-bond donors (Lipinski definition) is 2. The summed E-state index contributed by atoms with van der Waals surface area (Å²) in [5.74, 6) is 0. The van der Waals surface area contributed by atoms with Crippen molar-refractivity contribution in [3.8, 4) is 0 Å². The quantitative estimate of drug-likeness (QED) is 0.805. The molecule has 0 bridgehead atoms. The highest BCUT2D eigenvalue weighted by Gasteiger charge is 2.10. The summed E-state index contributed by atoms with van der Waals surface area (Å²) in [5.41, 5.74) is 2.36. The van der Waals surface area contributed by atoms with Gasteiger partial charge < -0.3 is 10.6 Å². The van der Waals surface area contributed by atoms with Crippen LogP contribution in [-0.4, -0.2) is 12.6 Å². The van der Waals surface area contributed by atoms with Crippen molar-refractivity contribution in [3.05, 3.63) is 35.4 Å². The first-order valence-electron chi connectivity index (χ1n) is 5.75. The summed E-state index contributed by atoms with van der Waals surface area (Å²) in [6, 6.07) is 8.03. The molecule has 0 aliphatic rings. The van der Waals surface area contributed by atoms with E-state index in [1.54, 1.807) is 0 Å². The van der Waals surface area contributed by atoms with Crippen molar-refractivity contribution in [2.75, 3.05) is 6.54 Å². The van der Waals surface area contributed by atoms with Crippen LogP contribution in [0.3, 0.4) is 0 Å². The van der Waals surface area contributed by atoms with E-state index in [0.717, 1.165) is 12.0 Å². The average Bonchev–Trinajstić information content (AvgIpc) is 2.26. The molecular formula is C13H20N2O. The molecule has 0 aliphatic carbocycles. The predicted molar refractivity (Wildman–Crippen MR) is 66.4 cm³/mol. The molecule has 1 rings (SSSR count). The van der Waals surface area contributed by atoms with Gasteiger partial charge in [0.1, 0.15) is 0 Å². The Morgan fingerprint density at radius 2 is 2.06 bits per heavy atom. The molecule has 0 spiro atoms. The number of benzene rings is 1. The molecule has 0 aromatic heterocycles. The topological polar surface area (TPSA) is 41.1 Å². The molecule has 0 unspecified atom stereocenters. The fourth-order valence-corrected chi connectivity index (χ4v) is 1.64. The summed E-state index contributed by atoms with van der Waals surface area (Å²) in [4.78, 5) is 11.5. The molecule has 0 heterocycles. The summed E-state index contributed by atoms with van der Waals surface area (Å²) >= 11 is 0. The first-order valence-corrected chi connectivity index (χ1v) is 5.75. The van der Waals surface area contributed by atoms with E-state index in [0.29, 0.717) is 6.54 Å². The lowest BCUT2D eigenvalue weighted by molar-refractivity contribution is 0.238. The molecule has 0 saturated heterocycles. The Morgan fingerprint density at radius 1 is 1.38 bits per heavy atom. The monoisotopic (exact) mass is 220 g/mol. The van der Waals surface area contributed by atoms with Crippen LogP contribution >= 0.6 is 0 Å². The first kappa shape index (κ1) is 12.6. The largest absolute Gasteiger partial charge is 0.338 e. The van der Waals surface area contributed by atoms with Crippen molar-refractivity contribution in [2.45, 2.75) is 33.2 Å². The van der Waals surface area contributed by atoms with Gasteiger partial charge in [-0.2, -0.15) is 0 Å². The molecule has 0 radical (unpaired) electrons. The lowest BCUT2D eigenvalue weighted by atomic mass is 10.0. The van der Waals surface area contributed by atoms with E-state index in [1.165, 1.54) is 5.56 Å². The number of carbonyl (C=O) groups is 1. The van der Waals surface area contributed by atoms with Crippen LogP contribution in [0.2, 0.25) is 0 Å². The Labute approximate surface area is 97.2 Å². The van der Waals surface area contributed by atoms with E-state index in [1.807, 2.05) is 32.0 Å². The molecule has 2 amide bonds. The Morgan fingerprint density at radius 3 is 2.69 bits per heavy atom. The highest BCUT2D eigenvalue weighted by atomic mass is 16.2.